The number of halogens is 3. The van der Waals surface area contributed by atoms with E-state index in [1.807, 2.05) is 18.2 Å². The third-order valence-electron chi connectivity index (χ3n) is 4.44. The first kappa shape index (κ1) is 22.4. The van der Waals surface area contributed by atoms with Crippen LogP contribution in [0, 0.1) is 5.82 Å². The molecular weight excluding hydrogens is 447 g/mol. The minimum absolute atomic E-state index is 0. The molecule has 3 aromatic rings. The van der Waals surface area contributed by atoms with Gasteiger partial charge in [-0.25, -0.2) is 4.39 Å². The summed E-state index contributed by atoms with van der Waals surface area (Å²) in [6.07, 6.45) is 1.60. The van der Waals surface area contributed by atoms with Gasteiger partial charge in [0.25, 0.3) is 5.91 Å². The van der Waals surface area contributed by atoms with Crippen LogP contribution in [0.1, 0.15) is 24.8 Å². The van der Waals surface area contributed by atoms with Gasteiger partial charge in [0, 0.05) is 23.5 Å². The van der Waals surface area contributed by atoms with Gasteiger partial charge in [0.05, 0.1) is 4.47 Å². The lowest BCUT2D eigenvalue weighted by Gasteiger charge is -2.11. The molecule has 0 aliphatic heterocycles. The SMILES string of the molecule is NCCC[C@H](N)CNC(=O)c1[nH]c2ccc(-c3ccc(F)cc3)cc2c1Br.[Cl-].[H+]. The number of amides is 1. The van der Waals surface area contributed by atoms with E-state index in [2.05, 4.69) is 26.2 Å². The predicted octanol–water partition coefficient (Wildman–Crippen LogP) is 0.649. The fraction of sp³-hybridized carbons (Fsp3) is 0.250. The molecule has 0 aliphatic rings. The molecule has 0 saturated heterocycles. The highest BCUT2D eigenvalue weighted by Crippen LogP contribution is 2.32. The van der Waals surface area contributed by atoms with Gasteiger partial charge in [-0.1, -0.05) is 18.2 Å². The molecule has 8 heteroatoms. The lowest BCUT2D eigenvalue weighted by Crippen LogP contribution is -3.00. The first-order valence-corrected chi connectivity index (χ1v) is 9.60. The first-order valence-electron chi connectivity index (χ1n) is 8.80. The Morgan fingerprint density at radius 3 is 2.57 bits per heavy atom. The fourth-order valence-electron chi connectivity index (χ4n) is 2.93. The summed E-state index contributed by atoms with van der Waals surface area (Å²) in [6.45, 7) is 0.979. The van der Waals surface area contributed by atoms with Crippen molar-refractivity contribution in [3.63, 3.8) is 0 Å². The predicted molar refractivity (Wildman–Crippen MR) is 111 cm³/mol. The third-order valence-corrected chi connectivity index (χ3v) is 5.27. The van der Waals surface area contributed by atoms with Crippen LogP contribution >= 0.6 is 15.9 Å². The van der Waals surface area contributed by atoms with Gasteiger partial charge in [-0.15, -0.1) is 0 Å². The van der Waals surface area contributed by atoms with E-state index in [9.17, 15) is 9.18 Å². The van der Waals surface area contributed by atoms with Crippen molar-refractivity contribution >= 4 is 32.7 Å². The summed E-state index contributed by atoms with van der Waals surface area (Å²) >= 11 is 3.52. The average Bonchev–Trinajstić information content (AvgIpc) is 3.01. The normalized spacial score (nSPS) is 11.9. The number of rotatable bonds is 7. The number of benzene rings is 2. The summed E-state index contributed by atoms with van der Waals surface area (Å²) in [7, 11) is 0. The van der Waals surface area contributed by atoms with Crippen molar-refractivity contribution < 1.29 is 23.0 Å². The van der Waals surface area contributed by atoms with Gasteiger partial charge >= 0.3 is 1.43 Å². The topological polar surface area (TPSA) is 96.9 Å². The Kier molecular flexibility index (Phi) is 8.00. The number of hydrogen-bond acceptors (Lipinski definition) is 3. The number of aromatic nitrogens is 1. The monoisotopic (exact) mass is 468 g/mol. The zero-order valence-electron chi connectivity index (χ0n) is 16.1. The van der Waals surface area contributed by atoms with E-state index in [-0.39, 0.29) is 31.6 Å². The quantitative estimate of drug-likeness (QED) is 0.409. The maximum atomic E-state index is 13.1. The molecule has 0 unspecified atom stereocenters. The van der Waals surface area contributed by atoms with Crippen LogP contribution in [0.2, 0.25) is 0 Å². The van der Waals surface area contributed by atoms with Gasteiger partial charge < -0.3 is 34.2 Å². The van der Waals surface area contributed by atoms with Crippen LogP contribution in [0.4, 0.5) is 4.39 Å². The highest BCUT2D eigenvalue weighted by Gasteiger charge is 2.17. The van der Waals surface area contributed by atoms with Crippen LogP contribution in [0.5, 0.6) is 0 Å². The Morgan fingerprint density at radius 2 is 1.89 bits per heavy atom. The maximum Gasteiger partial charge on any atom is 1.00 e. The first-order chi connectivity index (χ1) is 13.0. The molecule has 0 bridgehead atoms. The lowest BCUT2D eigenvalue weighted by molar-refractivity contribution is -0.0000143. The number of fused-ring (bicyclic) bond motifs is 1. The second-order valence-electron chi connectivity index (χ2n) is 6.48. The zero-order valence-corrected chi connectivity index (χ0v) is 17.5. The van der Waals surface area contributed by atoms with Crippen molar-refractivity contribution in [1.82, 2.24) is 10.3 Å². The van der Waals surface area contributed by atoms with Crippen LogP contribution in [-0.2, 0) is 0 Å². The largest absolute Gasteiger partial charge is 1.00 e. The van der Waals surface area contributed by atoms with Gasteiger partial charge in [-0.05, 0) is 70.7 Å². The second kappa shape index (κ2) is 10.0. The fourth-order valence-corrected chi connectivity index (χ4v) is 3.54. The minimum Gasteiger partial charge on any atom is -1.00 e. The molecule has 0 radical (unpaired) electrons. The van der Waals surface area contributed by atoms with E-state index < -0.39 is 0 Å². The van der Waals surface area contributed by atoms with Crippen molar-refractivity contribution in [2.24, 2.45) is 11.5 Å². The van der Waals surface area contributed by atoms with E-state index in [0.29, 0.717) is 23.3 Å². The van der Waals surface area contributed by atoms with Crippen molar-refractivity contribution in [3.05, 3.63) is 58.4 Å². The Morgan fingerprint density at radius 1 is 1.21 bits per heavy atom. The molecular formula is C20H23BrClFN4O. The Hall–Kier alpha value is -1.93. The third kappa shape index (κ3) is 5.11. The van der Waals surface area contributed by atoms with E-state index in [1.54, 1.807) is 12.1 Å². The molecule has 28 heavy (non-hydrogen) atoms. The number of carbonyl (C=O) groups is 1. The van der Waals surface area contributed by atoms with Crippen molar-refractivity contribution in [2.45, 2.75) is 18.9 Å². The van der Waals surface area contributed by atoms with Gasteiger partial charge in [-0.3, -0.25) is 4.79 Å². The average molecular weight is 470 g/mol. The van der Waals surface area contributed by atoms with Crippen LogP contribution in [0.3, 0.4) is 0 Å². The van der Waals surface area contributed by atoms with Gasteiger partial charge in [0.2, 0.25) is 0 Å². The molecule has 0 spiro atoms. The molecule has 1 heterocycles. The van der Waals surface area contributed by atoms with E-state index in [1.165, 1.54) is 12.1 Å². The van der Waals surface area contributed by atoms with Crippen LogP contribution < -0.4 is 29.2 Å². The van der Waals surface area contributed by atoms with Gasteiger partial charge in [-0.2, -0.15) is 0 Å². The summed E-state index contributed by atoms with van der Waals surface area (Å²) in [6, 6.07) is 12.0. The number of aromatic amines is 1. The molecule has 150 valence electrons. The molecule has 6 N–H and O–H groups in total. The molecule has 0 saturated carbocycles. The van der Waals surface area contributed by atoms with Gasteiger partial charge in [0.15, 0.2) is 0 Å². The molecule has 2 aromatic carbocycles. The molecule has 1 aromatic heterocycles. The Balaban J connectivity index is 0.00000210. The Bertz CT molecular complexity index is 952. The van der Waals surface area contributed by atoms with E-state index >= 15 is 0 Å². The second-order valence-corrected chi connectivity index (χ2v) is 7.28. The summed E-state index contributed by atoms with van der Waals surface area (Å²) in [5.41, 5.74) is 14.6. The number of nitrogens with two attached hydrogens (primary N) is 2. The molecule has 0 aliphatic carbocycles. The van der Waals surface area contributed by atoms with Crippen molar-refractivity contribution in [3.8, 4) is 11.1 Å². The lowest BCUT2D eigenvalue weighted by atomic mass is 10.0. The molecule has 1 amide bonds. The highest BCUT2D eigenvalue weighted by atomic mass is 79.9. The molecule has 3 rings (SSSR count). The van der Waals surface area contributed by atoms with Crippen molar-refractivity contribution in [2.75, 3.05) is 13.1 Å². The van der Waals surface area contributed by atoms with E-state index in [0.717, 1.165) is 34.9 Å². The number of H-pyrrole nitrogens is 1. The zero-order chi connectivity index (χ0) is 19.4. The van der Waals surface area contributed by atoms with Crippen molar-refractivity contribution in [1.29, 1.82) is 0 Å². The minimum atomic E-state index is -0.272. The van der Waals surface area contributed by atoms with Gasteiger partial charge in [0.1, 0.15) is 11.5 Å². The molecule has 1 atom stereocenters. The summed E-state index contributed by atoms with van der Waals surface area (Å²) in [4.78, 5) is 15.7. The van der Waals surface area contributed by atoms with E-state index in [4.69, 9.17) is 11.5 Å². The standard InChI is InChI=1S/C20H22BrFN4O.ClH/c21-18-16-10-13(12-3-6-14(22)7-4-12)5-8-17(16)26-19(18)20(27)25-11-15(24)2-1-9-23;/h3-8,10,15,26H,1-2,9,11,23-24H2,(H,25,27);1H/t15-;/m0./s1. The highest BCUT2D eigenvalue weighted by molar-refractivity contribution is 9.10. The van der Waals surface area contributed by atoms with Crippen LogP contribution in [0.15, 0.2) is 46.9 Å². The van der Waals surface area contributed by atoms with Crippen LogP contribution in [-0.4, -0.2) is 30.0 Å². The summed E-state index contributed by atoms with van der Waals surface area (Å²) < 4.78 is 13.8. The molecule has 0 fully saturated rings. The summed E-state index contributed by atoms with van der Waals surface area (Å²) in [5, 5.41) is 3.74. The van der Waals surface area contributed by atoms with Crippen LogP contribution in [0.25, 0.3) is 22.0 Å². The number of hydrogen-bond donors (Lipinski definition) is 4. The maximum absolute atomic E-state index is 13.1. The molecule has 5 nitrogen and oxygen atoms in total. The summed E-state index contributed by atoms with van der Waals surface area (Å²) in [5.74, 6) is -0.490. The smallest absolute Gasteiger partial charge is 1.00 e. The Labute approximate surface area is 179 Å². The number of carbonyl (C=O) groups excluding carboxylic acids is 1. The number of nitrogens with one attached hydrogen (secondary N) is 2.